The summed E-state index contributed by atoms with van der Waals surface area (Å²) in [7, 11) is 0. The quantitative estimate of drug-likeness (QED) is 0.109. The topological polar surface area (TPSA) is 33.7 Å². The number of anilines is 1. The van der Waals surface area contributed by atoms with Crippen LogP contribution in [0.1, 0.15) is 18.4 Å². The van der Waals surface area contributed by atoms with Gasteiger partial charge in [0, 0.05) is 30.6 Å². The van der Waals surface area contributed by atoms with Crippen LogP contribution in [0.3, 0.4) is 0 Å². The van der Waals surface area contributed by atoms with Crippen molar-refractivity contribution in [2.75, 3.05) is 24.0 Å². The third-order valence-electron chi connectivity index (χ3n) is 5.20. The Morgan fingerprint density at radius 2 is 1.49 bits per heavy atom. The standard InChI is InChI=1S/C26H25ClF6N2O2/c27-15-7-16-34-35(21-12-5-13-22(18-21)36-25(28,29)30)17-6-11-20-10-4-14-23(37-26(31,32)33)24(20)19-8-2-1-3-9-19/h1-5,8-10,12-14,18,34H,6-7,11,15-17H2. The van der Waals surface area contributed by atoms with Crippen molar-refractivity contribution in [3.63, 3.8) is 0 Å². The SMILES string of the molecule is FC(F)(F)Oc1cccc(N(CCCc2cccc(OC(F)(F)F)c2-c2ccccc2)NCCCCl)c1. The first-order valence-electron chi connectivity index (χ1n) is 11.4. The van der Waals surface area contributed by atoms with E-state index in [1.165, 1.54) is 30.3 Å². The van der Waals surface area contributed by atoms with E-state index in [9.17, 15) is 26.3 Å². The van der Waals surface area contributed by atoms with E-state index < -0.39 is 12.7 Å². The molecule has 0 aliphatic rings. The molecule has 0 aliphatic carbocycles. The van der Waals surface area contributed by atoms with Gasteiger partial charge in [-0.3, -0.25) is 0 Å². The van der Waals surface area contributed by atoms with Gasteiger partial charge in [-0.1, -0.05) is 48.5 Å². The second-order valence-corrected chi connectivity index (χ2v) is 8.33. The number of ether oxygens (including phenoxy) is 2. The number of hydrogen-bond acceptors (Lipinski definition) is 4. The molecule has 3 aromatic rings. The van der Waals surface area contributed by atoms with Crippen molar-refractivity contribution < 1.29 is 35.8 Å². The van der Waals surface area contributed by atoms with Gasteiger partial charge in [0.15, 0.2) is 0 Å². The van der Waals surface area contributed by atoms with Crippen molar-refractivity contribution in [2.45, 2.75) is 32.0 Å². The summed E-state index contributed by atoms with van der Waals surface area (Å²) in [6, 6.07) is 18.6. The predicted octanol–water partition coefficient (Wildman–Crippen LogP) is 7.72. The van der Waals surface area contributed by atoms with Crippen LogP contribution in [0.15, 0.2) is 72.8 Å². The van der Waals surface area contributed by atoms with Crippen LogP contribution < -0.4 is 19.9 Å². The van der Waals surface area contributed by atoms with Gasteiger partial charge in [-0.2, -0.15) is 0 Å². The maximum atomic E-state index is 13.1. The van der Waals surface area contributed by atoms with Gasteiger partial charge in [-0.25, -0.2) is 5.43 Å². The first-order chi connectivity index (χ1) is 17.6. The van der Waals surface area contributed by atoms with Crippen LogP contribution in [0.25, 0.3) is 11.1 Å². The average molecular weight is 547 g/mol. The van der Waals surface area contributed by atoms with Gasteiger partial charge in [-0.15, -0.1) is 37.9 Å². The van der Waals surface area contributed by atoms with E-state index in [0.29, 0.717) is 60.6 Å². The Kier molecular flexibility index (Phi) is 9.93. The van der Waals surface area contributed by atoms with Gasteiger partial charge in [0.05, 0.1) is 5.69 Å². The van der Waals surface area contributed by atoms with Crippen molar-refractivity contribution in [3.05, 3.63) is 78.4 Å². The molecule has 37 heavy (non-hydrogen) atoms. The highest BCUT2D eigenvalue weighted by Crippen LogP contribution is 2.37. The number of nitrogens with zero attached hydrogens (tertiary/aromatic N) is 1. The Labute approximate surface area is 215 Å². The molecular formula is C26H25ClF6N2O2. The predicted molar refractivity (Wildman–Crippen MR) is 131 cm³/mol. The Hall–Kier alpha value is -3.11. The minimum Gasteiger partial charge on any atom is -0.406 e. The molecule has 0 saturated carbocycles. The summed E-state index contributed by atoms with van der Waals surface area (Å²) in [6.07, 6.45) is -8.22. The number of alkyl halides is 7. The molecule has 0 atom stereocenters. The Bertz CT molecular complexity index is 1130. The van der Waals surface area contributed by atoms with Gasteiger partial charge < -0.3 is 14.5 Å². The molecule has 0 radical (unpaired) electrons. The highest BCUT2D eigenvalue weighted by Gasteiger charge is 2.33. The summed E-state index contributed by atoms with van der Waals surface area (Å²) in [4.78, 5) is 0. The lowest BCUT2D eigenvalue weighted by molar-refractivity contribution is -0.275. The molecule has 0 heterocycles. The monoisotopic (exact) mass is 546 g/mol. The maximum Gasteiger partial charge on any atom is 0.573 e. The molecule has 11 heteroatoms. The number of nitrogens with one attached hydrogen (secondary N) is 1. The smallest absolute Gasteiger partial charge is 0.406 e. The van der Waals surface area contributed by atoms with E-state index >= 15 is 0 Å². The minimum atomic E-state index is -4.85. The normalized spacial score (nSPS) is 11.9. The van der Waals surface area contributed by atoms with Crippen LogP contribution in [-0.4, -0.2) is 31.7 Å². The van der Waals surface area contributed by atoms with E-state index in [-0.39, 0.29) is 11.5 Å². The van der Waals surface area contributed by atoms with E-state index in [2.05, 4.69) is 14.9 Å². The van der Waals surface area contributed by atoms with E-state index in [1.54, 1.807) is 47.5 Å². The molecular weight excluding hydrogens is 522 g/mol. The molecule has 0 aromatic heterocycles. The molecule has 0 unspecified atom stereocenters. The van der Waals surface area contributed by atoms with Crippen LogP contribution in [0.5, 0.6) is 11.5 Å². The van der Waals surface area contributed by atoms with Crippen LogP contribution in [0, 0.1) is 0 Å². The Morgan fingerprint density at radius 3 is 2.16 bits per heavy atom. The van der Waals surface area contributed by atoms with Crippen molar-refractivity contribution in [1.29, 1.82) is 0 Å². The largest absolute Gasteiger partial charge is 0.573 e. The molecule has 4 nitrogen and oxygen atoms in total. The second kappa shape index (κ2) is 12.9. The Morgan fingerprint density at radius 1 is 0.784 bits per heavy atom. The van der Waals surface area contributed by atoms with Crippen LogP contribution >= 0.6 is 11.6 Å². The molecule has 0 saturated heterocycles. The average Bonchev–Trinajstić information content (AvgIpc) is 2.82. The summed E-state index contributed by atoms with van der Waals surface area (Å²) < 4.78 is 85.6. The fourth-order valence-corrected chi connectivity index (χ4v) is 3.92. The zero-order valence-electron chi connectivity index (χ0n) is 19.6. The minimum absolute atomic E-state index is 0.301. The first-order valence-corrected chi connectivity index (χ1v) is 11.9. The van der Waals surface area contributed by atoms with Gasteiger partial charge in [0.25, 0.3) is 0 Å². The lowest BCUT2D eigenvalue weighted by Crippen LogP contribution is -2.39. The summed E-state index contributed by atoms with van der Waals surface area (Å²) in [6.45, 7) is 0.814. The fraction of sp³-hybridized carbons (Fsp3) is 0.308. The molecule has 0 fully saturated rings. The van der Waals surface area contributed by atoms with E-state index in [1.807, 2.05) is 0 Å². The Balaban J connectivity index is 1.82. The molecule has 200 valence electrons. The highest BCUT2D eigenvalue weighted by molar-refractivity contribution is 6.17. The van der Waals surface area contributed by atoms with Gasteiger partial charge in [-0.05, 0) is 48.6 Å². The van der Waals surface area contributed by atoms with E-state index in [4.69, 9.17) is 11.6 Å². The summed E-state index contributed by atoms with van der Waals surface area (Å²) in [5.74, 6) is -0.271. The first kappa shape index (κ1) is 28.5. The molecule has 1 N–H and O–H groups in total. The second-order valence-electron chi connectivity index (χ2n) is 7.96. The molecule has 0 amide bonds. The van der Waals surface area contributed by atoms with Crippen LogP contribution in [0.4, 0.5) is 32.0 Å². The van der Waals surface area contributed by atoms with Crippen molar-refractivity contribution in [2.24, 2.45) is 0 Å². The molecule has 3 rings (SSSR count). The third kappa shape index (κ3) is 9.36. The lowest BCUT2D eigenvalue weighted by Gasteiger charge is -2.26. The van der Waals surface area contributed by atoms with Crippen LogP contribution in [-0.2, 0) is 6.42 Å². The molecule has 0 bridgehead atoms. The van der Waals surface area contributed by atoms with Gasteiger partial charge in [0.2, 0.25) is 0 Å². The number of aryl methyl sites for hydroxylation is 1. The van der Waals surface area contributed by atoms with Gasteiger partial charge >= 0.3 is 12.7 Å². The third-order valence-corrected chi connectivity index (χ3v) is 5.47. The molecule has 0 spiro atoms. The number of halogens is 7. The summed E-state index contributed by atoms with van der Waals surface area (Å²) in [5.41, 5.74) is 5.13. The summed E-state index contributed by atoms with van der Waals surface area (Å²) >= 11 is 5.75. The number of rotatable bonds is 12. The van der Waals surface area contributed by atoms with E-state index in [0.717, 1.165) is 0 Å². The molecule has 3 aromatic carbocycles. The summed E-state index contributed by atoms with van der Waals surface area (Å²) in [5, 5.41) is 1.67. The number of benzene rings is 3. The van der Waals surface area contributed by atoms with Crippen molar-refractivity contribution >= 4 is 17.3 Å². The van der Waals surface area contributed by atoms with Crippen molar-refractivity contribution in [1.82, 2.24) is 5.43 Å². The highest BCUT2D eigenvalue weighted by atomic mass is 35.5. The van der Waals surface area contributed by atoms with Crippen LogP contribution in [0.2, 0.25) is 0 Å². The fourth-order valence-electron chi connectivity index (χ4n) is 3.78. The number of hydrogen-bond donors (Lipinski definition) is 1. The maximum absolute atomic E-state index is 13.1. The number of hydrazine groups is 1. The van der Waals surface area contributed by atoms with Crippen molar-refractivity contribution in [3.8, 4) is 22.6 Å². The molecule has 0 aliphatic heterocycles. The zero-order chi connectivity index (χ0) is 26.9. The zero-order valence-corrected chi connectivity index (χ0v) is 20.3. The van der Waals surface area contributed by atoms with Gasteiger partial charge in [0.1, 0.15) is 11.5 Å². The lowest BCUT2D eigenvalue weighted by atomic mass is 9.95.